The van der Waals surface area contributed by atoms with Crippen molar-refractivity contribution >= 4 is 11.8 Å². The van der Waals surface area contributed by atoms with Crippen LogP contribution < -0.4 is 0 Å². The summed E-state index contributed by atoms with van der Waals surface area (Å²) in [4.78, 5) is 23.7. The van der Waals surface area contributed by atoms with E-state index in [1.807, 2.05) is 18.2 Å². The Hall–Kier alpha value is -2.42. The first kappa shape index (κ1) is 19.3. The summed E-state index contributed by atoms with van der Waals surface area (Å²) < 4.78 is 0. The van der Waals surface area contributed by atoms with Crippen molar-refractivity contribution in [2.24, 2.45) is 0 Å². The van der Waals surface area contributed by atoms with Gasteiger partial charge in [-0.2, -0.15) is 0 Å². The van der Waals surface area contributed by atoms with Crippen molar-refractivity contribution in [2.75, 3.05) is 0 Å². The monoisotopic (exact) mass is 364 g/mol. The second-order valence-corrected chi connectivity index (χ2v) is 8.95. The zero-order valence-electron chi connectivity index (χ0n) is 16.6. The van der Waals surface area contributed by atoms with Gasteiger partial charge >= 0.3 is 5.97 Å². The van der Waals surface area contributed by atoms with E-state index in [0.29, 0.717) is 12.0 Å². The lowest BCUT2D eigenvalue weighted by Gasteiger charge is -2.42. The van der Waals surface area contributed by atoms with Gasteiger partial charge in [0, 0.05) is 17.5 Å². The van der Waals surface area contributed by atoms with Gasteiger partial charge in [-0.05, 0) is 52.8 Å². The van der Waals surface area contributed by atoms with Crippen LogP contribution in [0.5, 0.6) is 0 Å². The number of benzene rings is 2. The molecule has 0 aliphatic heterocycles. The third-order valence-electron chi connectivity index (χ3n) is 5.96. The zero-order chi connectivity index (χ0) is 19.8. The standard InChI is InChI=1S/C24H28O3/c1-23(2)13-14-24(3,4)20-15-18(10-11-19(20)23)22(27)17-8-5-16(6-9-17)7-12-21(25)26/h5-6,8-11,15H,7,12-14H2,1-4H3,(H,25,26). The minimum Gasteiger partial charge on any atom is -0.481 e. The van der Waals surface area contributed by atoms with Crippen LogP contribution in [0.3, 0.4) is 0 Å². The van der Waals surface area contributed by atoms with Crippen LogP contribution in [0.2, 0.25) is 0 Å². The molecule has 2 aromatic carbocycles. The lowest BCUT2D eigenvalue weighted by atomic mass is 9.63. The summed E-state index contributed by atoms with van der Waals surface area (Å²) in [5.41, 5.74) is 5.13. The summed E-state index contributed by atoms with van der Waals surface area (Å²) in [5.74, 6) is -0.795. The molecule has 3 heteroatoms. The molecule has 0 heterocycles. The second kappa shape index (κ2) is 6.95. The molecule has 1 aliphatic carbocycles. The largest absolute Gasteiger partial charge is 0.481 e. The fourth-order valence-corrected chi connectivity index (χ4v) is 3.97. The van der Waals surface area contributed by atoms with Crippen molar-refractivity contribution in [2.45, 2.75) is 64.2 Å². The topological polar surface area (TPSA) is 54.4 Å². The van der Waals surface area contributed by atoms with Gasteiger partial charge in [0.1, 0.15) is 0 Å². The molecule has 0 spiro atoms. The first-order valence-corrected chi connectivity index (χ1v) is 9.61. The lowest BCUT2D eigenvalue weighted by molar-refractivity contribution is -0.136. The molecule has 3 rings (SSSR count). The molecule has 0 fully saturated rings. The van der Waals surface area contributed by atoms with E-state index in [1.54, 1.807) is 12.1 Å². The molecular formula is C24H28O3. The minimum atomic E-state index is -0.810. The Bertz CT molecular complexity index is 873. The van der Waals surface area contributed by atoms with Crippen LogP contribution in [-0.4, -0.2) is 16.9 Å². The van der Waals surface area contributed by atoms with Gasteiger partial charge in [-0.15, -0.1) is 0 Å². The number of carboxylic acid groups (broad SMARTS) is 1. The number of hydrogen-bond acceptors (Lipinski definition) is 2. The Morgan fingerprint density at radius 2 is 1.41 bits per heavy atom. The molecule has 0 aromatic heterocycles. The number of carboxylic acids is 1. The maximum atomic E-state index is 13.0. The number of carbonyl (C=O) groups excluding carboxylic acids is 1. The van der Waals surface area contributed by atoms with E-state index >= 15 is 0 Å². The molecule has 0 saturated carbocycles. The second-order valence-electron chi connectivity index (χ2n) is 8.95. The average Bonchev–Trinajstić information content (AvgIpc) is 2.63. The summed E-state index contributed by atoms with van der Waals surface area (Å²) in [6.07, 6.45) is 2.84. The fourth-order valence-electron chi connectivity index (χ4n) is 3.97. The van der Waals surface area contributed by atoms with Crippen LogP contribution in [-0.2, 0) is 22.0 Å². The van der Waals surface area contributed by atoms with Gasteiger partial charge in [0.25, 0.3) is 0 Å². The van der Waals surface area contributed by atoms with E-state index in [9.17, 15) is 9.59 Å². The van der Waals surface area contributed by atoms with Gasteiger partial charge < -0.3 is 5.11 Å². The molecule has 3 nitrogen and oxygen atoms in total. The minimum absolute atomic E-state index is 0.0155. The summed E-state index contributed by atoms with van der Waals surface area (Å²) in [6, 6.07) is 13.5. The third kappa shape index (κ3) is 3.97. The number of rotatable bonds is 5. The third-order valence-corrected chi connectivity index (χ3v) is 5.96. The number of aryl methyl sites for hydroxylation is 1. The van der Waals surface area contributed by atoms with Gasteiger partial charge in [0.15, 0.2) is 5.78 Å². The van der Waals surface area contributed by atoms with Crippen molar-refractivity contribution in [3.8, 4) is 0 Å². The van der Waals surface area contributed by atoms with Crippen molar-refractivity contribution in [1.29, 1.82) is 0 Å². The van der Waals surface area contributed by atoms with Gasteiger partial charge in [-0.3, -0.25) is 9.59 Å². The molecule has 0 saturated heterocycles. The molecule has 0 bridgehead atoms. The smallest absolute Gasteiger partial charge is 0.303 e. The molecule has 2 aromatic rings. The molecular weight excluding hydrogens is 336 g/mol. The van der Waals surface area contributed by atoms with E-state index in [-0.39, 0.29) is 23.0 Å². The maximum Gasteiger partial charge on any atom is 0.303 e. The number of ketones is 1. The summed E-state index contributed by atoms with van der Waals surface area (Å²) in [6.45, 7) is 9.07. The molecule has 0 atom stereocenters. The first-order chi connectivity index (χ1) is 12.6. The number of hydrogen-bond donors (Lipinski definition) is 1. The summed E-state index contributed by atoms with van der Waals surface area (Å²) in [7, 11) is 0. The van der Waals surface area contributed by atoms with Crippen LogP contribution in [0.1, 0.15) is 79.6 Å². The molecule has 27 heavy (non-hydrogen) atoms. The van der Waals surface area contributed by atoms with E-state index in [0.717, 1.165) is 24.0 Å². The quantitative estimate of drug-likeness (QED) is 0.734. The van der Waals surface area contributed by atoms with Crippen molar-refractivity contribution in [3.63, 3.8) is 0 Å². The molecule has 1 N–H and O–H groups in total. The Morgan fingerprint density at radius 1 is 0.852 bits per heavy atom. The average molecular weight is 364 g/mol. The van der Waals surface area contributed by atoms with Gasteiger partial charge in [-0.1, -0.05) is 64.1 Å². The van der Waals surface area contributed by atoms with E-state index in [2.05, 4.69) is 39.8 Å². The van der Waals surface area contributed by atoms with Crippen LogP contribution in [0.15, 0.2) is 42.5 Å². The summed E-state index contributed by atoms with van der Waals surface area (Å²) >= 11 is 0. The predicted octanol–water partition coefficient (Wildman–Crippen LogP) is 5.28. The Morgan fingerprint density at radius 3 is 2.00 bits per heavy atom. The SMILES string of the molecule is CC1(C)CCC(C)(C)c2cc(C(=O)c3ccc(CCC(=O)O)cc3)ccc21. The normalized spacial score (nSPS) is 17.2. The van der Waals surface area contributed by atoms with Crippen molar-refractivity contribution in [3.05, 3.63) is 70.3 Å². The summed E-state index contributed by atoms with van der Waals surface area (Å²) in [5, 5.41) is 8.79. The van der Waals surface area contributed by atoms with E-state index in [1.165, 1.54) is 11.1 Å². The van der Waals surface area contributed by atoms with Gasteiger partial charge in [0.05, 0.1) is 0 Å². The first-order valence-electron chi connectivity index (χ1n) is 9.61. The van der Waals surface area contributed by atoms with Crippen LogP contribution >= 0.6 is 0 Å². The van der Waals surface area contributed by atoms with Crippen molar-refractivity contribution in [1.82, 2.24) is 0 Å². The Labute approximate surface area is 161 Å². The molecule has 142 valence electrons. The van der Waals surface area contributed by atoms with Gasteiger partial charge in [0.2, 0.25) is 0 Å². The fraction of sp³-hybridized carbons (Fsp3) is 0.417. The van der Waals surface area contributed by atoms with Crippen LogP contribution in [0.4, 0.5) is 0 Å². The van der Waals surface area contributed by atoms with Crippen molar-refractivity contribution < 1.29 is 14.7 Å². The lowest BCUT2D eigenvalue weighted by Crippen LogP contribution is -2.34. The molecule has 0 unspecified atom stereocenters. The Balaban J connectivity index is 1.89. The Kier molecular flexibility index (Phi) is 4.98. The highest BCUT2D eigenvalue weighted by atomic mass is 16.4. The number of fused-ring (bicyclic) bond motifs is 1. The van der Waals surface area contributed by atoms with Crippen LogP contribution in [0.25, 0.3) is 0 Å². The highest BCUT2D eigenvalue weighted by Crippen LogP contribution is 2.46. The maximum absolute atomic E-state index is 13.0. The molecule has 0 amide bonds. The van der Waals surface area contributed by atoms with Crippen LogP contribution in [0, 0.1) is 0 Å². The highest BCUT2D eigenvalue weighted by molar-refractivity contribution is 6.09. The van der Waals surface area contributed by atoms with E-state index in [4.69, 9.17) is 5.11 Å². The predicted molar refractivity (Wildman–Crippen MR) is 108 cm³/mol. The number of carbonyl (C=O) groups is 2. The highest BCUT2D eigenvalue weighted by Gasteiger charge is 2.37. The molecule has 0 radical (unpaired) electrons. The molecule has 1 aliphatic rings. The van der Waals surface area contributed by atoms with Gasteiger partial charge in [-0.25, -0.2) is 0 Å². The van der Waals surface area contributed by atoms with E-state index < -0.39 is 5.97 Å². The number of aliphatic carboxylic acids is 1. The zero-order valence-corrected chi connectivity index (χ0v) is 16.6.